The van der Waals surface area contributed by atoms with E-state index in [-0.39, 0.29) is 16.9 Å². The van der Waals surface area contributed by atoms with Gasteiger partial charge in [-0.05, 0) is 50.5 Å². The summed E-state index contributed by atoms with van der Waals surface area (Å²) in [7, 11) is 1.79. The third kappa shape index (κ3) is 5.06. The van der Waals surface area contributed by atoms with E-state index in [9.17, 15) is 8.78 Å². The Balaban J connectivity index is 1.34. The zero-order valence-electron chi connectivity index (χ0n) is 19.7. The third-order valence-corrected chi connectivity index (χ3v) is 7.53. The van der Waals surface area contributed by atoms with Gasteiger partial charge in [0.1, 0.15) is 17.2 Å². The second-order valence-electron chi connectivity index (χ2n) is 10.3. The maximum absolute atomic E-state index is 14.7. The Hall–Kier alpha value is -2.06. The number of rotatable bonds is 7. The van der Waals surface area contributed by atoms with E-state index in [1.807, 2.05) is 0 Å². The first-order valence-corrected chi connectivity index (χ1v) is 12.2. The smallest absolute Gasteiger partial charge is 0.319 e. The van der Waals surface area contributed by atoms with Crippen LogP contribution < -0.4 is 9.64 Å². The highest BCUT2D eigenvalue weighted by Gasteiger charge is 2.45. The van der Waals surface area contributed by atoms with E-state index in [4.69, 9.17) is 9.47 Å². The Morgan fingerprint density at radius 1 is 1.09 bits per heavy atom. The summed E-state index contributed by atoms with van der Waals surface area (Å²) in [4.78, 5) is 13.6. The Kier molecular flexibility index (Phi) is 6.40. The van der Waals surface area contributed by atoms with Gasteiger partial charge in [-0.3, -0.25) is 0 Å². The molecule has 0 spiro atoms. The summed E-state index contributed by atoms with van der Waals surface area (Å²) in [5, 5.41) is 0.413. The van der Waals surface area contributed by atoms with Crippen molar-refractivity contribution in [3.63, 3.8) is 0 Å². The van der Waals surface area contributed by atoms with Crippen LogP contribution in [0.2, 0.25) is 0 Å². The standard InChI is InChI=1S/C25H34F2N4O2/c1-17-4-3-9-31(14-17)23-20-12-18(26)13-21(27)22(20)28-24(29-23)33-16-25(7-8-25)15-30-10-5-19(32-2)6-11-30/h12-13,17,19H,3-11,14-16H2,1-2H3/t17-/m0/s1. The highest BCUT2D eigenvalue weighted by molar-refractivity contribution is 5.90. The molecule has 1 atom stereocenters. The van der Waals surface area contributed by atoms with Gasteiger partial charge in [0.25, 0.3) is 0 Å². The van der Waals surface area contributed by atoms with Crippen molar-refractivity contribution in [1.82, 2.24) is 14.9 Å². The molecule has 1 aliphatic carbocycles. The van der Waals surface area contributed by atoms with Crippen molar-refractivity contribution >= 4 is 16.7 Å². The van der Waals surface area contributed by atoms with E-state index in [0.717, 1.165) is 77.3 Å². The molecule has 1 aromatic carbocycles. The van der Waals surface area contributed by atoms with E-state index in [1.165, 1.54) is 6.07 Å². The monoisotopic (exact) mass is 460 g/mol. The molecule has 0 unspecified atom stereocenters. The molecule has 0 radical (unpaired) electrons. The van der Waals surface area contributed by atoms with Crippen LogP contribution in [0.5, 0.6) is 6.01 Å². The summed E-state index contributed by atoms with van der Waals surface area (Å²) < 4.78 is 40.3. The first kappa shape index (κ1) is 22.7. The van der Waals surface area contributed by atoms with E-state index < -0.39 is 11.6 Å². The molecule has 5 rings (SSSR count). The number of nitrogens with zero attached hydrogens (tertiary/aromatic N) is 4. The van der Waals surface area contributed by atoms with Gasteiger partial charge in [-0.15, -0.1) is 0 Å². The Morgan fingerprint density at radius 2 is 1.88 bits per heavy atom. The van der Waals surface area contributed by atoms with E-state index >= 15 is 0 Å². The number of anilines is 1. The number of piperidine rings is 2. The number of halogens is 2. The SMILES string of the molecule is COC1CCN(CC2(COc3nc(N4CCC[C@H](C)C4)c4cc(F)cc(F)c4n3)CC2)CC1. The summed E-state index contributed by atoms with van der Waals surface area (Å²) >= 11 is 0. The maximum atomic E-state index is 14.7. The van der Waals surface area contributed by atoms with E-state index in [1.54, 1.807) is 7.11 Å². The van der Waals surface area contributed by atoms with Crippen molar-refractivity contribution in [2.45, 2.75) is 51.6 Å². The van der Waals surface area contributed by atoms with Gasteiger partial charge in [-0.2, -0.15) is 9.97 Å². The van der Waals surface area contributed by atoms with Crippen LogP contribution in [-0.2, 0) is 4.74 Å². The van der Waals surface area contributed by atoms with Crippen LogP contribution in [0.25, 0.3) is 10.9 Å². The quantitative estimate of drug-likeness (QED) is 0.610. The van der Waals surface area contributed by atoms with Crippen LogP contribution in [0.15, 0.2) is 12.1 Å². The van der Waals surface area contributed by atoms with Gasteiger partial charge < -0.3 is 19.3 Å². The molecule has 3 heterocycles. The Labute approximate surface area is 194 Å². The van der Waals surface area contributed by atoms with Crippen LogP contribution in [0.3, 0.4) is 0 Å². The minimum absolute atomic E-state index is 0.110. The second-order valence-corrected chi connectivity index (χ2v) is 10.3. The number of aromatic nitrogens is 2. The van der Waals surface area contributed by atoms with E-state index in [0.29, 0.717) is 29.8 Å². The predicted octanol–water partition coefficient (Wildman–Crippen LogP) is 4.41. The lowest BCUT2D eigenvalue weighted by Gasteiger charge is -2.34. The topological polar surface area (TPSA) is 50.7 Å². The number of benzene rings is 1. The molecule has 2 saturated heterocycles. The largest absolute Gasteiger partial charge is 0.463 e. The Morgan fingerprint density at radius 3 is 2.58 bits per heavy atom. The predicted molar refractivity (Wildman–Crippen MR) is 124 cm³/mol. The molecule has 0 N–H and O–H groups in total. The molecule has 1 aromatic heterocycles. The summed E-state index contributed by atoms with van der Waals surface area (Å²) in [6.45, 7) is 7.41. The molecule has 0 amide bonds. The summed E-state index contributed by atoms with van der Waals surface area (Å²) in [5.41, 5.74) is 0.237. The highest BCUT2D eigenvalue weighted by Crippen LogP contribution is 2.47. The minimum atomic E-state index is -0.675. The van der Waals surface area contributed by atoms with Gasteiger partial charge in [0.15, 0.2) is 5.82 Å². The van der Waals surface area contributed by atoms with Crippen molar-refractivity contribution in [2.24, 2.45) is 11.3 Å². The number of methoxy groups -OCH3 is 1. The Bertz CT molecular complexity index is 992. The molecule has 0 bridgehead atoms. The molecule has 2 aliphatic heterocycles. The molecule has 1 saturated carbocycles. The minimum Gasteiger partial charge on any atom is -0.463 e. The van der Waals surface area contributed by atoms with Gasteiger partial charge in [0.2, 0.25) is 0 Å². The molecule has 8 heteroatoms. The summed E-state index contributed by atoms with van der Waals surface area (Å²) in [5.74, 6) is -0.210. The number of ether oxygens (including phenoxy) is 2. The molecule has 33 heavy (non-hydrogen) atoms. The average Bonchev–Trinajstić information content (AvgIpc) is 3.57. The number of hydrogen-bond acceptors (Lipinski definition) is 6. The fourth-order valence-electron chi connectivity index (χ4n) is 5.33. The summed E-state index contributed by atoms with van der Waals surface area (Å²) in [6.07, 6.45) is 6.90. The van der Waals surface area contributed by atoms with Gasteiger partial charge in [-0.25, -0.2) is 8.78 Å². The first-order chi connectivity index (χ1) is 15.9. The van der Waals surface area contributed by atoms with Crippen LogP contribution in [0.4, 0.5) is 14.6 Å². The van der Waals surface area contributed by atoms with Crippen molar-refractivity contribution in [3.8, 4) is 6.01 Å². The number of fused-ring (bicyclic) bond motifs is 1. The van der Waals surface area contributed by atoms with Crippen molar-refractivity contribution < 1.29 is 18.3 Å². The zero-order valence-corrected chi connectivity index (χ0v) is 19.7. The normalized spacial score (nSPS) is 23.8. The number of hydrogen-bond donors (Lipinski definition) is 0. The molecular formula is C25H34F2N4O2. The molecule has 3 aliphatic rings. The van der Waals surface area contributed by atoms with Crippen LogP contribution in [0, 0.1) is 23.0 Å². The average molecular weight is 461 g/mol. The first-order valence-electron chi connectivity index (χ1n) is 12.2. The molecular weight excluding hydrogens is 426 g/mol. The van der Waals surface area contributed by atoms with Crippen LogP contribution in [0.1, 0.15) is 45.4 Å². The number of likely N-dealkylation sites (tertiary alicyclic amines) is 1. The highest BCUT2D eigenvalue weighted by atomic mass is 19.1. The second kappa shape index (κ2) is 9.29. The maximum Gasteiger partial charge on any atom is 0.319 e. The van der Waals surface area contributed by atoms with Gasteiger partial charge in [-0.1, -0.05) is 6.92 Å². The molecule has 6 nitrogen and oxygen atoms in total. The molecule has 2 aromatic rings. The van der Waals surface area contributed by atoms with Crippen LogP contribution >= 0.6 is 0 Å². The van der Waals surface area contributed by atoms with Gasteiger partial charge >= 0.3 is 6.01 Å². The third-order valence-electron chi connectivity index (χ3n) is 7.53. The fourth-order valence-corrected chi connectivity index (χ4v) is 5.33. The van der Waals surface area contributed by atoms with Crippen molar-refractivity contribution in [1.29, 1.82) is 0 Å². The van der Waals surface area contributed by atoms with E-state index in [2.05, 4.69) is 26.7 Å². The van der Waals surface area contributed by atoms with Gasteiger partial charge in [0.05, 0.1) is 12.7 Å². The van der Waals surface area contributed by atoms with Crippen LogP contribution in [-0.4, -0.2) is 67.4 Å². The fraction of sp³-hybridized carbons (Fsp3) is 0.680. The lowest BCUT2D eigenvalue weighted by molar-refractivity contribution is 0.0313. The molecule has 3 fully saturated rings. The zero-order chi connectivity index (χ0) is 23.0. The molecule has 180 valence electrons. The lowest BCUT2D eigenvalue weighted by Crippen LogP contribution is -2.41. The lowest BCUT2D eigenvalue weighted by atomic mass is 10.00. The van der Waals surface area contributed by atoms with Crippen molar-refractivity contribution in [3.05, 3.63) is 23.8 Å². The van der Waals surface area contributed by atoms with Gasteiger partial charge in [0, 0.05) is 56.7 Å². The van der Waals surface area contributed by atoms with Crippen molar-refractivity contribution in [2.75, 3.05) is 51.3 Å². The summed E-state index contributed by atoms with van der Waals surface area (Å²) in [6, 6.07) is 2.40.